The highest BCUT2D eigenvalue weighted by Gasteiger charge is 2.26. The first-order valence-corrected chi connectivity index (χ1v) is 13.4. The van der Waals surface area contributed by atoms with Gasteiger partial charge in [-0.05, 0) is 82.1 Å². The van der Waals surface area contributed by atoms with Gasteiger partial charge in [-0.25, -0.2) is 9.97 Å². The standard InChI is InChI=1S/C30H36N6O2/c1-5-21-6-8-23(9-7-21)32-30-33-26-18-24(10-11-27(26)35(30)4)38-25-12-15-31-28(19-25)34-29(37)22-13-16-36(17-14-22)20(2)3/h6-12,15,18-20,22H,5,13-14,16-17H2,1-4H3,(H,32,33)(H,31,34,37). The van der Waals surface area contributed by atoms with Crippen LogP contribution in [0.25, 0.3) is 11.0 Å². The summed E-state index contributed by atoms with van der Waals surface area (Å²) in [6.45, 7) is 8.44. The predicted molar refractivity (Wildman–Crippen MR) is 152 cm³/mol. The van der Waals surface area contributed by atoms with Crippen LogP contribution in [-0.2, 0) is 18.3 Å². The summed E-state index contributed by atoms with van der Waals surface area (Å²) >= 11 is 0. The van der Waals surface area contributed by atoms with Crippen LogP contribution >= 0.6 is 0 Å². The maximum absolute atomic E-state index is 12.8. The summed E-state index contributed by atoms with van der Waals surface area (Å²) in [7, 11) is 1.99. The molecule has 8 nitrogen and oxygen atoms in total. The Kier molecular flexibility index (Phi) is 7.60. The number of likely N-dealkylation sites (tertiary alicyclic amines) is 1. The molecule has 0 unspecified atom stereocenters. The molecule has 2 aromatic heterocycles. The minimum Gasteiger partial charge on any atom is -0.457 e. The first-order valence-electron chi connectivity index (χ1n) is 13.4. The number of nitrogens with zero attached hydrogens (tertiary/aromatic N) is 4. The van der Waals surface area contributed by atoms with Gasteiger partial charge in [0.1, 0.15) is 17.3 Å². The number of hydrogen-bond acceptors (Lipinski definition) is 6. The zero-order chi connectivity index (χ0) is 26.6. The Morgan fingerprint density at radius 1 is 1.05 bits per heavy atom. The van der Waals surface area contributed by atoms with Gasteiger partial charge in [0.05, 0.1) is 11.0 Å². The van der Waals surface area contributed by atoms with Crippen molar-refractivity contribution in [2.75, 3.05) is 23.7 Å². The van der Waals surface area contributed by atoms with Gasteiger partial charge < -0.3 is 24.8 Å². The van der Waals surface area contributed by atoms with Crippen LogP contribution in [0.4, 0.5) is 17.5 Å². The topological polar surface area (TPSA) is 84.3 Å². The van der Waals surface area contributed by atoms with Crippen molar-refractivity contribution in [3.63, 3.8) is 0 Å². The summed E-state index contributed by atoms with van der Waals surface area (Å²) in [6.07, 6.45) is 4.40. The van der Waals surface area contributed by atoms with Crippen molar-refractivity contribution in [1.29, 1.82) is 0 Å². The molecule has 0 aliphatic carbocycles. The van der Waals surface area contributed by atoms with Crippen LogP contribution in [0.1, 0.15) is 39.2 Å². The Labute approximate surface area is 224 Å². The molecule has 0 radical (unpaired) electrons. The minimum absolute atomic E-state index is 0.00956. The molecule has 198 valence electrons. The second-order valence-electron chi connectivity index (χ2n) is 10.2. The van der Waals surface area contributed by atoms with Gasteiger partial charge in [0, 0.05) is 43.0 Å². The Morgan fingerprint density at radius 2 is 1.79 bits per heavy atom. The number of rotatable bonds is 8. The fourth-order valence-electron chi connectivity index (χ4n) is 4.89. The van der Waals surface area contributed by atoms with E-state index in [4.69, 9.17) is 9.72 Å². The van der Waals surface area contributed by atoms with E-state index in [-0.39, 0.29) is 11.8 Å². The van der Waals surface area contributed by atoms with Crippen molar-refractivity contribution in [2.24, 2.45) is 13.0 Å². The molecule has 2 aromatic carbocycles. The summed E-state index contributed by atoms with van der Waals surface area (Å²) in [6, 6.07) is 18.3. The van der Waals surface area contributed by atoms with Crippen LogP contribution in [0, 0.1) is 5.92 Å². The largest absolute Gasteiger partial charge is 0.457 e. The molecule has 0 atom stereocenters. The number of anilines is 3. The highest BCUT2D eigenvalue weighted by atomic mass is 16.5. The van der Waals surface area contributed by atoms with E-state index in [9.17, 15) is 4.79 Å². The summed E-state index contributed by atoms with van der Waals surface area (Å²) in [4.78, 5) is 24.3. The second kappa shape index (κ2) is 11.2. The number of amides is 1. The summed E-state index contributed by atoms with van der Waals surface area (Å²) in [5, 5.41) is 6.38. The van der Waals surface area contributed by atoms with Crippen molar-refractivity contribution in [3.05, 3.63) is 66.4 Å². The number of ether oxygens (including phenoxy) is 1. The average Bonchev–Trinajstić information content (AvgIpc) is 3.23. The molecule has 38 heavy (non-hydrogen) atoms. The van der Waals surface area contributed by atoms with Gasteiger partial charge in [-0.2, -0.15) is 0 Å². The molecule has 1 saturated heterocycles. The van der Waals surface area contributed by atoms with Gasteiger partial charge >= 0.3 is 0 Å². The van der Waals surface area contributed by atoms with Crippen LogP contribution in [-0.4, -0.2) is 44.5 Å². The van der Waals surface area contributed by atoms with E-state index in [2.05, 4.69) is 65.6 Å². The quantitative estimate of drug-likeness (QED) is 0.296. The highest BCUT2D eigenvalue weighted by Crippen LogP contribution is 2.29. The lowest BCUT2D eigenvalue weighted by molar-refractivity contribution is -0.121. The molecule has 0 spiro atoms. The van der Waals surface area contributed by atoms with Crippen molar-refractivity contribution in [3.8, 4) is 11.5 Å². The molecule has 1 aliphatic rings. The Morgan fingerprint density at radius 3 is 2.50 bits per heavy atom. The molecular weight excluding hydrogens is 476 g/mol. The number of benzene rings is 2. The average molecular weight is 513 g/mol. The van der Waals surface area contributed by atoms with Crippen molar-refractivity contribution in [1.82, 2.24) is 19.4 Å². The highest BCUT2D eigenvalue weighted by molar-refractivity contribution is 5.92. The molecule has 2 N–H and O–H groups in total. The van der Waals surface area contributed by atoms with E-state index < -0.39 is 0 Å². The molecule has 1 aliphatic heterocycles. The van der Waals surface area contributed by atoms with Crippen molar-refractivity contribution < 1.29 is 9.53 Å². The van der Waals surface area contributed by atoms with E-state index in [0.29, 0.717) is 23.4 Å². The predicted octanol–water partition coefficient (Wildman–Crippen LogP) is 6.13. The fourth-order valence-corrected chi connectivity index (χ4v) is 4.89. The lowest BCUT2D eigenvalue weighted by Gasteiger charge is -2.33. The Bertz CT molecular complexity index is 1400. The third-order valence-corrected chi connectivity index (χ3v) is 7.32. The van der Waals surface area contributed by atoms with Crippen LogP contribution in [0.15, 0.2) is 60.8 Å². The minimum atomic E-state index is 0.00956. The zero-order valence-corrected chi connectivity index (χ0v) is 22.6. The lowest BCUT2D eigenvalue weighted by Crippen LogP contribution is -2.41. The third-order valence-electron chi connectivity index (χ3n) is 7.32. The van der Waals surface area contributed by atoms with Crippen LogP contribution in [0.2, 0.25) is 0 Å². The first kappa shape index (κ1) is 25.7. The van der Waals surface area contributed by atoms with Crippen molar-refractivity contribution >= 4 is 34.4 Å². The molecule has 8 heteroatoms. The zero-order valence-electron chi connectivity index (χ0n) is 22.6. The molecular formula is C30H36N6O2. The number of nitrogens with one attached hydrogen (secondary N) is 2. The van der Waals surface area contributed by atoms with Crippen LogP contribution in [0.5, 0.6) is 11.5 Å². The molecule has 1 amide bonds. The maximum Gasteiger partial charge on any atom is 0.228 e. The second-order valence-corrected chi connectivity index (χ2v) is 10.2. The van der Waals surface area contributed by atoms with Gasteiger partial charge in [0.15, 0.2) is 0 Å². The Balaban J connectivity index is 1.25. The number of fused-ring (bicyclic) bond motifs is 1. The number of carbonyl (C=O) groups is 1. The maximum atomic E-state index is 12.8. The SMILES string of the molecule is CCc1ccc(Nc2nc3cc(Oc4ccnc(NC(=O)C5CCN(C(C)C)CC5)c4)ccc3n2C)cc1. The van der Waals surface area contributed by atoms with Gasteiger partial charge in [0.25, 0.3) is 0 Å². The summed E-state index contributed by atoms with van der Waals surface area (Å²) in [5.74, 6) is 2.56. The number of hydrogen-bond donors (Lipinski definition) is 2. The monoisotopic (exact) mass is 512 g/mol. The molecule has 5 rings (SSSR count). The number of piperidine rings is 1. The van der Waals surface area contributed by atoms with Crippen LogP contribution in [0.3, 0.4) is 0 Å². The van der Waals surface area contributed by atoms with Crippen molar-refractivity contribution in [2.45, 2.75) is 46.1 Å². The molecule has 4 aromatic rings. The normalized spacial score (nSPS) is 14.7. The fraction of sp³-hybridized carbons (Fsp3) is 0.367. The smallest absolute Gasteiger partial charge is 0.228 e. The number of aryl methyl sites for hydroxylation is 2. The van der Waals surface area contributed by atoms with Gasteiger partial charge in [-0.1, -0.05) is 19.1 Å². The van der Waals surface area contributed by atoms with E-state index in [1.54, 1.807) is 18.3 Å². The summed E-state index contributed by atoms with van der Waals surface area (Å²) < 4.78 is 8.15. The third kappa shape index (κ3) is 5.81. The number of pyridine rings is 1. The van der Waals surface area contributed by atoms with E-state index in [0.717, 1.165) is 55.0 Å². The lowest BCUT2D eigenvalue weighted by atomic mass is 9.95. The number of aromatic nitrogens is 3. The number of carbonyl (C=O) groups excluding carboxylic acids is 1. The molecule has 0 saturated carbocycles. The van der Waals surface area contributed by atoms with Gasteiger partial charge in [0.2, 0.25) is 11.9 Å². The van der Waals surface area contributed by atoms with E-state index in [1.165, 1.54) is 5.56 Å². The molecule has 0 bridgehead atoms. The first-order chi connectivity index (χ1) is 18.4. The van der Waals surface area contributed by atoms with Gasteiger partial charge in [-0.15, -0.1) is 0 Å². The Hall–Kier alpha value is -3.91. The van der Waals surface area contributed by atoms with E-state index >= 15 is 0 Å². The summed E-state index contributed by atoms with van der Waals surface area (Å²) in [5.41, 5.74) is 4.12. The van der Waals surface area contributed by atoms with Crippen LogP contribution < -0.4 is 15.4 Å². The number of imidazole rings is 1. The molecule has 3 heterocycles. The van der Waals surface area contributed by atoms with E-state index in [1.807, 2.05) is 29.8 Å². The molecule has 1 fully saturated rings. The van der Waals surface area contributed by atoms with Gasteiger partial charge in [-0.3, -0.25) is 4.79 Å².